The molecule has 1 saturated heterocycles. The van der Waals surface area contributed by atoms with E-state index in [-0.39, 0.29) is 12.1 Å². The molecule has 2 rings (SSSR count). The quantitative estimate of drug-likeness (QED) is 0.849. The van der Waals surface area contributed by atoms with E-state index in [4.69, 9.17) is 9.47 Å². The first kappa shape index (κ1) is 16.7. The first-order valence-electron chi connectivity index (χ1n) is 7.55. The predicted molar refractivity (Wildman–Crippen MR) is 89.0 cm³/mol. The molecule has 1 heterocycles. The average Bonchev–Trinajstić information content (AvgIpc) is 2.48. The summed E-state index contributed by atoms with van der Waals surface area (Å²) in [6.07, 6.45) is 1.28. The number of likely N-dealkylation sites (N-methyl/N-ethyl adjacent to an activating group) is 1. The number of rotatable bonds is 6. The van der Waals surface area contributed by atoms with Gasteiger partial charge in [0.15, 0.2) is 0 Å². The van der Waals surface area contributed by atoms with Crippen molar-refractivity contribution >= 4 is 15.9 Å². The Bertz CT molecular complexity index is 438. The van der Waals surface area contributed by atoms with Crippen molar-refractivity contribution in [2.45, 2.75) is 25.5 Å². The first-order chi connectivity index (χ1) is 10.2. The maximum absolute atomic E-state index is 6.03. The molecule has 0 spiro atoms. The minimum absolute atomic E-state index is 0.137. The normalized spacial score (nSPS) is 23.2. The van der Waals surface area contributed by atoms with Gasteiger partial charge >= 0.3 is 0 Å². The van der Waals surface area contributed by atoms with E-state index in [1.807, 2.05) is 19.2 Å². The number of morpholine rings is 1. The van der Waals surface area contributed by atoms with Crippen LogP contribution in [0.15, 0.2) is 22.7 Å². The standard InChI is InChI=1S/C16H25BrN2O2/c1-4-7-19-8-9-21-15(11-18-2)16(19)13-10-12(17)5-6-14(13)20-3/h5-6,10,15-16,18H,4,7-9,11H2,1-3H3. The van der Waals surface area contributed by atoms with Gasteiger partial charge in [-0.15, -0.1) is 0 Å². The number of hydrogen-bond acceptors (Lipinski definition) is 4. The van der Waals surface area contributed by atoms with Gasteiger partial charge in [0, 0.05) is 23.1 Å². The molecule has 0 amide bonds. The van der Waals surface area contributed by atoms with Gasteiger partial charge in [-0.1, -0.05) is 22.9 Å². The summed E-state index contributed by atoms with van der Waals surface area (Å²) in [6, 6.07) is 6.42. The van der Waals surface area contributed by atoms with Crippen LogP contribution in [0.1, 0.15) is 24.9 Å². The molecule has 4 nitrogen and oxygen atoms in total. The van der Waals surface area contributed by atoms with Gasteiger partial charge in [0.1, 0.15) is 5.75 Å². The maximum Gasteiger partial charge on any atom is 0.123 e. The minimum Gasteiger partial charge on any atom is -0.496 e. The summed E-state index contributed by atoms with van der Waals surface area (Å²) < 4.78 is 12.7. The van der Waals surface area contributed by atoms with Gasteiger partial charge < -0.3 is 14.8 Å². The van der Waals surface area contributed by atoms with Crippen LogP contribution in [0, 0.1) is 0 Å². The lowest BCUT2D eigenvalue weighted by Gasteiger charge is -2.42. The molecule has 0 radical (unpaired) electrons. The van der Waals surface area contributed by atoms with Crippen molar-refractivity contribution < 1.29 is 9.47 Å². The van der Waals surface area contributed by atoms with Crippen LogP contribution in [0.2, 0.25) is 0 Å². The predicted octanol–water partition coefficient (Wildman–Crippen LogP) is 2.83. The molecule has 1 aromatic carbocycles. The van der Waals surface area contributed by atoms with Crippen molar-refractivity contribution in [2.24, 2.45) is 0 Å². The third-order valence-corrected chi connectivity index (χ3v) is 4.38. The molecule has 1 fully saturated rings. The van der Waals surface area contributed by atoms with Gasteiger partial charge in [0.2, 0.25) is 0 Å². The van der Waals surface area contributed by atoms with Crippen LogP contribution in [0.4, 0.5) is 0 Å². The fraction of sp³-hybridized carbons (Fsp3) is 0.625. The molecular formula is C16H25BrN2O2. The fourth-order valence-corrected chi connectivity index (χ4v) is 3.41. The van der Waals surface area contributed by atoms with Crippen molar-refractivity contribution in [1.29, 1.82) is 0 Å². The lowest BCUT2D eigenvalue weighted by Crippen LogP contribution is -2.49. The van der Waals surface area contributed by atoms with Crippen LogP contribution >= 0.6 is 15.9 Å². The smallest absolute Gasteiger partial charge is 0.123 e. The molecule has 2 atom stereocenters. The summed E-state index contributed by atoms with van der Waals surface area (Å²) in [4.78, 5) is 2.51. The van der Waals surface area contributed by atoms with Crippen molar-refractivity contribution in [3.8, 4) is 5.75 Å². The summed E-state index contributed by atoms with van der Waals surface area (Å²) in [7, 11) is 3.70. The van der Waals surface area contributed by atoms with Gasteiger partial charge in [0.05, 0.1) is 25.9 Å². The Hall–Kier alpha value is -0.620. The lowest BCUT2D eigenvalue weighted by molar-refractivity contribution is -0.0710. The molecule has 2 unspecified atom stereocenters. The van der Waals surface area contributed by atoms with Crippen LogP contribution in [-0.4, -0.2) is 51.4 Å². The molecule has 1 aromatic rings. The second-order valence-corrected chi connectivity index (χ2v) is 6.25. The highest BCUT2D eigenvalue weighted by Gasteiger charge is 2.34. The summed E-state index contributed by atoms with van der Waals surface area (Å²) in [6.45, 7) is 5.88. The number of ether oxygens (including phenoxy) is 2. The molecule has 1 aliphatic heterocycles. The summed E-state index contributed by atoms with van der Waals surface area (Å²) in [5, 5.41) is 3.25. The zero-order chi connectivity index (χ0) is 15.2. The van der Waals surface area contributed by atoms with E-state index in [2.05, 4.69) is 39.1 Å². The number of methoxy groups -OCH3 is 1. The zero-order valence-electron chi connectivity index (χ0n) is 13.1. The topological polar surface area (TPSA) is 33.7 Å². The molecule has 5 heteroatoms. The van der Waals surface area contributed by atoms with Crippen LogP contribution in [0.25, 0.3) is 0 Å². The van der Waals surface area contributed by atoms with Gasteiger partial charge in [-0.3, -0.25) is 4.90 Å². The lowest BCUT2D eigenvalue weighted by atomic mass is 9.96. The second-order valence-electron chi connectivity index (χ2n) is 5.33. The van der Waals surface area contributed by atoms with Gasteiger partial charge in [-0.05, 0) is 38.2 Å². The zero-order valence-corrected chi connectivity index (χ0v) is 14.6. The largest absolute Gasteiger partial charge is 0.496 e. The Morgan fingerprint density at radius 1 is 1.48 bits per heavy atom. The fourth-order valence-electron chi connectivity index (χ4n) is 3.03. The van der Waals surface area contributed by atoms with E-state index in [0.717, 1.165) is 42.9 Å². The van der Waals surface area contributed by atoms with Crippen LogP contribution in [-0.2, 0) is 4.74 Å². The maximum atomic E-state index is 6.03. The highest BCUT2D eigenvalue weighted by atomic mass is 79.9. The minimum atomic E-state index is 0.137. The third-order valence-electron chi connectivity index (χ3n) is 3.88. The highest BCUT2D eigenvalue weighted by Crippen LogP contribution is 2.36. The van der Waals surface area contributed by atoms with Gasteiger partial charge in [-0.2, -0.15) is 0 Å². The Labute approximate surface area is 135 Å². The summed E-state index contributed by atoms with van der Waals surface area (Å²) in [5.41, 5.74) is 1.19. The number of halogens is 1. The molecule has 0 aliphatic carbocycles. The third kappa shape index (κ3) is 3.97. The van der Waals surface area contributed by atoms with E-state index in [1.54, 1.807) is 7.11 Å². The molecular weight excluding hydrogens is 332 g/mol. The summed E-state index contributed by atoms with van der Waals surface area (Å²) in [5.74, 6) is 0.927. The molecule has 1 aliphatic rings. The molecule has 0 aromatic heterocycles. The molecule has 0 bridgehead atoms. The van der Waals surface area contributed by atoms with Gasteiger partial charge in [-0.25, -0.2) is 0 Å². The van der Waals surface area contributed by atoms with Crippen molar-refractivity contribution in [3.05, 3.63) is 28.2 Å². The SMILES string of the molecule is CCCN1CCOC(CNC)C1c1cc(Br)ccc1OC. The van der Waals surface area contributed by atoms with E-state index in [0.29, 0.717) is 0 Å². The molecule has 21 heavy (non-hydrogen) atoms. The number of benzene rings is 1. The average molecular weight is 357 g/mol. The van der Waals surface area contributed by atoms with Crippen molar-refractivity contribution in [1.82, 2.24) is 10.2 Å². The Morgan fingerprint density at radius 2 is 2.29 bits per heavy atom. The number of nitrogens with zero attached hydrogens (tertiary/aromatic N) is 1. The van der Waals surface area contributed by atoms with E-state index in [9.17, 15) is 0 Å². The molecule has 1 N–H and O–H groups in total. The Morgan fingerprint density at radius 3 is 2.95 bits per heavy atom. The van der Waals surface area contributed by atoms with Crippen molar-refractivity contribution in [2.75, 3.05) is 40.4 Å². The Balaban J connectivity index is 2.38. The molecule has 0 saturated carbocycles. The van der Waals surface area contributed by atoms with E-state index >= 15 is 0 Å². The second kappa shape index (κ2) is 8.13. The van der Waals surface area contributed by atoms with Gasteiger partial charge in [0.25, 0.3) is 0 Å². The van der Waals surface area contributed by atoms with Crippen LogP contribution in [0.3, 0.4) is 0 Å². The summed E-state index contributed by atoms with van der Waals surface area (Å²) >= 11 is 3.58. The van der Waals surface area contributed by atoms with E-state index < -0.39 is 0 Å². The molecule has 118 valence electrons. The van der Waals surface area contributed by atoms with Crippen LogP contribution < -0.4 is 10.1 Å². The number of hydrogen-bond donors (Lipinski definition) is 1. The monoisotopic (exact) mass is 356 g/mol. The highest BCUT2D eigenvalue weighted by molar-refractivity contribution is 9.10. The first-order valence-corrected chi connectivity index (χ1v) is 8.34. The Kier molecular flexibility index (Phi) is 6.48. The van der Waals surface area contributed by atoms with Crippen LogP contribution in [0.5, 0.6) is 5.75 Å². The van der Waals surface area contributed by atoms with Crippen molar-refractivity contribution in [3.63, 3.8) is 0 Å². The number of nitrogens with one attached hydrogen (secondary N) is 1. The van der Waals surface area contributed by atoms with E-state index in [1.165, 1.54) is 5.56 Å².